The Morgan fingerprint density at radius 3 is 2.62 bits per heavy atom. The molecule has 6 nitrogen and oxygen atoms in total. The van der Waals surface area contributed by atoms with Crippen molar-refractivity contribution in [2.24, 2.45) is 5.73 Å². The molecule has 16 heavy (non-hydrogen) atoms. The summed E-state index contributed by atoms with van der Waals surface area (Å²) in [5.41, 5.74) is 5.22. The van der Waals surface area contributed by atoms with E-state index in [1.807, 2.05) is 0 Å². The quantitative estimate of drug-likeness (QED) is 0.641. The molecule has 0 aromatic carbocycles. The predicted molar refractivity (Wildman–Crippen MR) is 55.7 cm³/mol. The van der Waals surface area contributed by atoms with Gasteiger partial charge in [-0.1, -0.05) is 0 Å². The lowest BCUT2D eigenvalue weighted by Crippen LogP contribution is -2.40. The number of aryl methyl sites for hydroxylation is 2. The number of amides is 2. The molecule has 6 heteroatoms. The Kier molecular flexibility index (Phi) is 3.68. The Balaban J connectivity index is 2.60. The average Bonchev–Trinajstić information content (AvgIpc) is 2.53. The SMILES string of the molecule is Cc1cc(C(=O)NCC(O)C(N)=O)c(C)o1. The second kappa shape index (κ2) is 4.80. The zero-order chi connectivity index (χ0) is 12.3. The first-order valence-corrected chi connectivity index (χ1v) is 4.74. The molecule has 1 heterocycles. The summed E-state index contributed by atoms with van der Waals surface area (Å²) in [6.07, 6.45) is -1.38. The number of hydrogen-bond acceptors (Lipinski definition) is 4. The van der Waals surface area contributed by atoms with Crippen LogP contribution in [0.25, 0.3) is 0 Å². The number of nitrogens with one attached hydrogen (secondary N) is 1. The molecule has 0 fully saturated rings. The van der Waals surface area contributed by atoms with Crippen LogP contribution in [0.4, 0.5) is 0 Å². The molecule has 0 aliphatic heterocycles. The van der Waals surface area contributed by atoms with Crippen molar-refractivity contribution in [1.82, 2.24) is 5.32 Å². The summed E-state index contributed by atoms with van der Waals surface area (Å²) in [5, 5.41) is 11.5. The molecule has 0 spiro atoms. The largest absolute Gasteiger partial charge is 0.466 e. The molecule has 0 aliphatic rings. The minimum Gasteiger partial charge on any atom is -0.466 e. The Labute approximate surface area is 92.4 Å². The summed E-state index contributed by atoms with van der Waals surface area (Å²) >= 11 is 0. The Morgan fingerprint density at radius 1 is 1.56 bits per heavy atom. The zero-order valence-corrected chi connectivity index (χ0v) is 9.11. The molecule has 0 saturated carbocycles. The molecular weight excluding hydrogens is 212 g/mol. The van der Waals surface area contributed by atoms with Gasteiger partial charge in [-0.2, -0.15) is 0 Å². The van der Waals surface area contributed by atoms with E-state index in [1.54, 1.807) is 19.9 Å². The molecule has 0 radical (unpaired) electrons. The van der Waals surface area contributed by atoms with Crippen LogP contribution in [-0.2, 0) is 4.79 Å². The van der Waals surface area contributed by atoms with Crippen LogP contribution in [0.5, 0.6) is 0 Å². The third kappa shape index (κ3) is 2.83. The molecule has 0 aliphatic carbocycles. The fourth-order valence-electron chi connectivity index (χ4n) is 1.24. The van der Waals surface area contributed by atoms with Crippen LogP contribution in [0.2, 0.25) is 0 Å². The van der Waals surface area contributed by atoms with Crippen molar-refractivity contribution in [2.75, 3.05) is 6.54 Å². The first-order chi connectivity index (χ1) is 7.41. The molecule has 1 aromatic rings. The van der Waals surface area contributed by atoms with Gasteiger partial charge in [-0.05, 0) is 19.9 Å². The maximum atomic E-state index is 11.6. The van der Waals surface area contributed by atoms with Crippen molar-refractivity contribution in [1.29, 1.82) is 0 Å². The van der Waals surface area contributed by atoms with E-state index in [9.17, 15) is 9.59 Å². The molecule has 0 saturated heterocycles. The number of aliphatic hydroxyl groups is 1. The number of aliphatic hydroxyl groups excluding tert-OH is 1. The summed E-state index contributed by atoms with van der Waals surface area (Å²) < 4.78 is 5.17. The number of furan rings is 1. The van der Waals surface area contributed by atoms with E-state index in [0.717, 1.165) is 0 Å². The van der Waals surface area contributed by atoms with Crippen LogP contribution in [-0.4, -0.2) is 29.6 Å². The maximum Gasteiger partial charge on any atom is 0.254 e. The van der Waals surface area contributed by atoms with Crippen molar-refractivity contribution >= 4 is 11.8 Å². The van der Waals surface area contributed by atoms with Gasteiger partial charge in [0.15, 0.2) is 0 Å². The number of carbonyl (C=O) groups is 2. The smallest absolute Gasteiger partial charge is 0.254 e. The van der Waals surface area contributed by atoms with Gasteiger partial charge in [0.05, 0.1) is 12.1 Å². The number of primary amides is 1. The van der Waals surface area contributed by atoms with E-state index in [1.165, 1.54) is 0 Å². The van der Waals surface area contributed by atoms with Crippen LogP contribution in [0.3, 0.4) is 0 Å². The molecule has 4 N–H and O–H groups in total. The Morgan fingerprint density at radius 2 is 2.19 bits per heavy atom. The van der Waals surface area contributed by atoms with Crippen LogP contribution in [0.15, 0.2) is 10.5 Å². The molecule has 88 valence electrons. The van der Waals surface area contributed by atoms with E-state index in [-0.39, 0.29) is 6.54 Å². The Hall–Kier alpha value is -1.82. The number of carbonyl (C=O) groups excluding carboxylic acids is 2. The number of nitrogens with two attached hydrogens (primary N) is 1. The van der Waals surface area contributed by atoms with Crippen LogP contribution < -0.4 is 11.1 Å². The fraction of sp³-hybridized carbons (Fsp3) is 0.400. The molecule has 1 aromatic heterocycles. The van der Waals surface area contributed by atoms with Crippen molar-refractivity contribution in [3.8, 4) is 0 Å². The van der Waals surface area contributed by atoms with Gasteiger partial charge in [0.2, 0.25) is 5.91 Å². The van der Waals surface area contributed by atoms with E-state index in [2.05, 4.69) is 5.32 Å². The maximum absolute atomic E-state index is 11.6. The van der Waals surface area contributed by atoms with Gasteiger partial charge in [0.25, 0.3) is 5.91 Å². The highest BCUT2D eigenvalue weighted by Crippen LogP contribution is 2.13. The van der Waals surface area contributed by atoms with Gasteiger partial charge in [0.1, 0.15) is 17.6 Å². The highest BCUT2D eigenvalue weighted by atomic mass is 16.3. The first kappa shape index (κ1) is 12.3. The van der Waals surface area contributed by atoms with Gasteiger partial charge in [-0.15, -0.1) is 0 Å². The molecule has 2 amide bonds. The van der Waals surface area contributed by atoms with E-state index in [4.69, 9.17) is 15.3 Å². The first-order valence-electron chi connectivity index (χ1n) is 4.74. The van der Waals surface area contributed by atoms with Gasteiger partial charge < -0.3 is 20.6 Å². The minimum absolute atomic E-state index is 0.210. The lowest BCUT2D eigenvalue weighted by Gasteiger charge is -2.07. The summed E-state index contributed by atoms with van der Waals surface area (Å²) in [6, 6.07) is 1.58. The summed E-state index contributed by atoms with van der Waals surface area (Å²) in [7, 11) is 0. The normalized spacial score (nSPS) is 12.2. The third-order valence-corrected chi connectivity index (χ3v) is 2.07. The van der Waals surface area contributed by atoms with Crippen molar-refractivity contribution in [3.63, 3.8) is 0 Å². The monoisotopic (exact) mass is 226 g/mol. The van der Waals surface area contributed by atoms with Crippen LogP contribution in [0, 0.1) is 13.8 Å². The van der Waals surface area contributed by atoms with E-state index < -0.39 is 17.9 Å². The topological polar surface area (TPSA) is 106 Å². The standard InChI is InChI=1S/C10H14N2O4/c1-5-3-7(6(2)16-5)10(15)12-4-8(13)9(11)14/h3,8,13H,4H2,1-2H3,(H2,11,14)(H,12,15). The lowest BCUT2D eigenvalue weighted by molar-refractivity contribution is -0.125. The summed E-state index contributed by atoms with van der Waals surface area (Å²) in [4.78, 5) is 22.1. The number of rotatable bonds is 4. The van der Waals surface area contributed by atoms with Crippen molar-refractivity contribution in [2.45, 2.75) is 20.0 Å². The second-order valence-corrected chi connectivity index (χ2v) is 3.46. The summed E-state index contributed by atoms with van der Waals surface area (Å²) in [6.45, 7) is 3.17. The van der Waals surface area contributed by atoms with Crippen molar-refractivity contribution in [3.05, 3.63) is 23.2 Å². The second-order valence-electron chi connectivity index (χ2n) is 3.46. The van der Waals surface area contributed by atoms with Crippen LogP contribution in [0.1, 0.15) is 21.9 Å². The van der Waals surface area contributed by atoms with Gasteiger partial charge in [-0.3, -0.25) is 9.59 Å². The number of hydrogen-bond donors (Lipinski definition) is 3. The minimum atomic E-state index is -1.38. The predicted octanol–water partition coefficient (Wildman–Crippen LogP) is -0.528. The van der Waals surface area contributed by atoms with E-state index in [0.29, 0.717) is 17.1 Å². The Bertz CT molecular complexity index is 411. The van der Waals surface area contributed by atoms with E-state index >= 15 is 0 Å². The zero-order valence-electron chi connectivity index (χ0n) is 9.11. The van der Waals surface area contributed by atoms with Crippen LogP contribution >= 0.6 is 0 Å². The van der Waals surface area contributed by atoms with Gasteiger partial charge >= 0.3 is 0 Å². The average molecular weight is 226 g/mol. The molecule has 1 atom stereocenters. The molecule has 1 unspecified atom stereocenters. The van der Waals surface area contributed by atoms with Crippen molar-refractivity contribution < 1.29 is 19.1 Å². The highest BCUT2D eigenvalue weighted by molar-refractivity contribution is 5.95. The fourth-order valence-corrected chi connectivity index (χ4v) is 1.24. The highest BCUT2D eigenvalue weighted by Gasteiger charge is 2.16. The van der Waals surface area contributed by atoms with Gasteiger partial charge in [0, 0.05) is 0 Å². The third-order valence-electron chi connectivity index (χ3n) is 2.07. The molecular formula is C10H14N2O4. The molecule has 0 bridgehead atoms. The lowest BCUT2D eigenvalue weighted by atomic mass is 10.2. The van der Waals surface area contributed by atoms with Gasteiger partial charge in [-0.25, -0.2) is 0 Å². The summed E-state index contributed by atoms with van der Waals surface area (Å²) in [5.74, 6) is -0.170. The molecule has 1 rings (SSSR count).